The van der Waals surface area contributed by atoms with Gasteiger partial charge in [-0.05, 0) is 24.6 Å². The molecule has 0 aliphatic heterocycles. The zero-order valence-corrected chi connectivity index (χ0v) is 12.2. The van der Waals surface area contributed by atoms with E-state index in [9.17, 15) is 18.0 Å². The number of alkyl halides is 3. The third kappa shape index (κ3) is 4.07. The Balaban J connectivity index is 2.21. The number of hydrogen-bond acceptors (Lipinski definition) is 4. The van der Waals surface area contributed by atoms with E-state index < -0.39 is 23.7 Å². The zero-order valence-electron chi connectivity index (χ0n) is 12.2. The Morgan fingerprint density at radius 1 is 1.43 bits per heavy atom. The summed E-state index contributed by atoms with van der Waals surface area (Å²) >= 11 is 0. The van der Waals surface area contributed by atoms with Gasteiger partial charge in [0.05, 0.1) is 30.1 Å². The highest BCUT2D eigenvalue weighted by Gasteiger charge is 2.30. The number of aliphatic hydroxyl groups is 1. The maximum atomic E-state index is 12.7. The van der Waals surface area contributed by atoms with Gasteiger partial charge in [0.1, 0.15) is 0 Å². The van der Waals surface area contributed by atoms with Crippen LogP contribution in [0.1, 0.15) is 29.4 Å². The minimum Gasteiger partial charge on any atom is -0.394 e. The van der Waals surface area contributed by atoms with Gasteiger partial charge in [-0.1, -0.05) is 18.2 Å². The molecule has 0 bridgehead atoms. The fourth-order valence-electron chi connectivity index (χ4n) is 1.85. The molecule has 0 radical (unpaired) electrons. The summed E-state index contributed by atoms with van der Waals surface area (Å²) in [5.41, 5.74) is -0.724. The molecule has 0 fully saturated rings. The standard InChI is InChI=1S/C14H15F3N4O2/c1-2-10(8-22)18-13(23)12-7-21(20-19-12)11-5-3-4-9(6-11)14(15,16)17/h3-7,10,22H,2,8H2,1H3,(H,18,23). The Kier molecular flexibility index (Phi) is 4.99. The first kappa shape index (κ1) is 16.9. The Morgan fingerprint density at radius 3 is 2.78 bits per heavy atom. The molecule has 0 saturated heterocycles. The minimum atomic E-state index is -4.47. The average Bonchev–Trinajstić information content (AvgIpc) is 3.02. The van der Waals surface area contributed by atoms with Crippen LogP contribution in [0.25, 0.3) is 5.69 Å². The van der Waals surface area contributed by atoms with Gasteiger partial charge in [-0.2, -0.15) is 13.2 Å². The first-order valence-electron chi connectivity index (χ1n) is 6.87. The topological polar surface area (TPSA) is 80.0 Å². The molecule has 0 aliphatic rings. The molecule has 1 aromatic heterocycles. The number of nitrogens with zero attached hydrogens (tertiary/aromatic N) is 3. The van der Waals surface area contributed by atoms with Crippen LogP contribution in [0, 0.1) is 0 Å². The molecule has 0 aliphatic carbocycles. The van der Waals surface area contributed by atoms with Crippen LogP contribution < -0.4 is 5.32 Å². The van der Waals surface area contributed by atoms with Crippen molar-refractivity contribution in [3.63, 3.8) is 0 Å². The van der Waals surface area contributed by atoms with E-state index in [-0.39, 0.29) is 18.0 Å². The highest BCUT2D eigenvalue weighted by molar-refractivity contribution is 5.92. The predicted octanol–water partition coefficient (Wildman–Crippen LogP) is 1.79. The third-order valence-electron chi connectivity index (χ3n) is 3.21. The van der Waals surface area contributed by atoms with Crippen molar-refractivity contribution in [1.29, 1.82) is 0 Å². The smallest absolute Gasteiger partial charge is 0.394 e. The summed E-state index contributed by atoms with van der Waals surface area (Å²) in [5, 5.41) is 18.9. The number of carbonyl (C=O) groups is 1. The second kappa shape index (κ2) is 6.78. The molecule has 6 nitrogen and oxygen atoms in total. The summed E-state index contributed by atoms with van der Waals surface area (Å²) in [7, 11) is 0. The van der Waals surface area contributed by atoms with Crippen LogP contribution in [0.15, 0.2) is 30.5 Å². The van der Waals surface area contributed by atoms with Crippen molar-refractivity contribution in [3.8, 4) is 5.69 Å². The molecule has 2 aromatic rings. The highest BCUT2D eigenvalue weighted by atomic mass is 19.4. The number of carbonyl (C=O) groups excluding carboxylic acids is 1. The maximum absolute atomic E-state index is 12.7. The molecule has 1 unspecified atom stereocenters. The molecule has 124 valence electrons. The van der Waals surface area contributed by atoms with E-state index in [0.717, 1.165) is 16.8 Å². The normalized spacial score (nSPS) is 12.9. The van der Waals surface area contributed by atoms with Gasteiger partial charge < -0.3 is 10.4 Å². The van der Waals surface area contributed by atoms with Crippen molar-refractivity contribution in [1.82, 2.24) is 20.3 Å². The Hall–Kier alpha value is -2.42. The highest BCUT2D eigenvalue weighted by Crippen LogP contribution is 2.30. The van der Waals surface area contributed by atoms with Gasteiger partial charge in [0.15, 0.2) is 5.69 Å². The minimum absolute atomic E-state index is 0.0469. The lowest BCUT2D eigenvalue weighted by Crippen LogP contribution is -2.37. The molecule has 2 N–H and O–H groups in total. The lowest BCUT2D eigenvalue weighted by atomic mass is 10.2. The fraction of sp³-hybridized carbons (Fsp3) is 0.357. The Labute approximate surface area is 129 Å². The van der Waals surface area contributed by atoms with E-state index >= 15 is 0 Å². The molecule has 0 spiro atoms. The molecule has 1 heterocycles. The fourth-order valence-corrected chi connectivity index (χ4v) is 1.85. The van der Waals surface area contributed by atoms with Gasteiger partial charge in [-0.25, -0.2) is 4.68 Å². The Morgan fingerprint density at radius 2 is 2.17 bits per heavy atom. The Bertz CT molecular complexity index is 681. The van der Waals surface area contributed by atoms with Crippen molar-refractivity contribution in [3.05, 3.63) is 41.7 Å². The van der Waals surface area contributed by atoms with Crippen LogP contribution in [0.3, 0.4) is 0 Å². The summed E-state index contributed by atoms with van der Waals surface area (Å²) < 4.78 is 39.2. The van der Waals surface area contributed by atoms with Gasteiger partial charge in [-0.3, -0.25) is 4.79 Å². The lowest BCUT2D eigenvalue weighted by Gasteiger charge is -2.12. The molecule has 1 atom stereocenters. The van der Waals surface area contributed by atoms with Crippen LogP contribution in [0.5, 0.6) is 0 Å². The van der Waals surface area contributed by atoms with Gasteiger partial charge in [0.25, 0.3) is 5.91 Å². The first-order chi connectivity index (χ1) is 10.8. The molecule has 9 heteroatoms. The molecule has 23 heavy (non-hydrogen) atoms. The van der Waals surface area contributed by atoms with Crippen LogP contribution in [-0.2, 0) is 6.18 Å². The molecule has 1 aromatic carbocycles. The van der Waals surface area contributed by atoms with Crippen molar-refractivity contribution >= 4 is 5.91 Å². The summed E-state index contributed by atoms with van der Waals surface area (Å²) in [6, 6.07) is 4.12. The summed E-state index contributed by atoms with van der Waals surface area (Å²) in [6.07, 6.45) is -2.70. The quantitative estimate of drug-likeness (QED) is 0.877. The maximum Gasteiger partial charge on any atom is 0.416 e. The number of rotatable bonds is 5. The largest absolute Gasteiger partial charge is 0.416 e. The van der Waals surface area contributed by atoms with E-state index in [1.807, 2.05) is 0 Å². The molecular weight excluding hydrogens is 313 g/mol. The number of aliphatic hydroxyl groups excluding tert-OH is 1. The van der Waals surface area contributed by atoms with Crippen molar-refractivity contribution in [2.24, 2.45) is 0 Å². The van der Waals surface area contributed by atoms with E-state index in [4.69, 9.17) is 5.11 Å². The first-order valence-corrected chi connectivity index (χ1v) is 6.87. The van der Waals surface area contributed by atoms with Crippen molar-refractivity contribution in [2.75, 3.05) is 6.61 Å². The summed E-state index contributed by atoms with van der Waals surface area (Å²) in [5.74, 6) is -0.552. The van der Waals surface area contributed by atoms with E-state index in [1.54, 1.807) is 6.92 Å². The van der Waals surface area contributed by atoms with Gasteiger partial charge in [-0.15, -0.1) is 5.10 Å². The van der Waals surface area contributed by atoms with Crippen molar-refractivity contribution in [2.45, 2.75) is 25.6 Å². The zero-order chi connectivity index (χ0) is 17.0. The number of hydrogen-bond donors (Lipinski definition) is 2. The average molecular weight is 328 g/mol. The molecule has 1 amide bonds. The number of amides is 1. The number of nitrogens with one attached hydrogen (secondary N) is 1. The molecule has 0 saturated carbocycles. The second-order valence-electron chi connectivity index (χ2n) is 4.86. The molecule has 2 rings (SSSR count). The van der Waals surface area contributed by atoms with Crippen LogP contribution in [0.2, 0.25) is 0 Å². The van der Waals surface area contributed by atoms with E-state index in [2.05, 4.69) is 15.6 Å². The van der Waals surface area contributed by atoms with Crippen LogP contribution >= 0.6 is 0 Å². The van der Waals surface area contributed by atoms with Crippen LogP contribution in [0.4, 0.5) is 13.2 Å². The van der Waals surface area contributed by atoms with E-state index in [0.29, 0.717) is 6.42 Å². The van der Waals surface area contributed by atoms with E-state index in [1.165, 1.54) is 18.3 Å². The SMILES string of the molecule is CCC(CO)NC(=O)c1cn(-c2cccc(C(F)(F)F)c2)nn1. The monoisotopic (exact) mass is 328 g/mol. The number of aromatic nitrogens is 3. The summed E-state index contributed by atoms with van der Waals surface area (Å²) in [4.78, 5) is 11.9. The van der Waals surface area contributed by atoms with Gasteiger partial charge >= 0.3 is 6.18 Å². The summed E-state index contributed by atoms with van der Waals surface area (Å²) in [6.45, 7) is 1.57. The van der Waals surface area contributed by atoms with Crippen molar-refractivity contribution < 1.29 is 23.1 Å². The molecular formula is C14H15F3N4O2. The van der Waals surface area contributed by atoms with Gasteiger partial charge in [0, 0.05) is 0 Å². The van der Waals surface area contributed by atoms with Crippen LogP contribution in [-0.4, -0.2) is 38.7 Å². The second-order valence-corrected chi connectivity index (χ2v) is 4.86. The number of halogens is 3. The predicted molar refractivity (Wildman–Crippen MR) is 75.0 cm³/mol. The number of benzene rings is 1. The third-order valence-corrected chi connectivity index (χ3v) is 3.21. The lowest BCUT2D eigenvalue weighted by molar-refractivity contribution is -0.137. The van der Waals surface area contributed by atoms with Gasteiger partial charge in [0.2, 0.25) is 0 Å².